The minimum atomic E-state index is -1.19. The highest BCUT2D eigenvalue weighted by Gasteiger charge is 2.53. The lowest BCUT2D eigenvalue weighted by Crippen LogP contribution is -2.33. The van der Waals surface area contributed by atoms with Gasteiger partial charge in [-0.25, -0.2) is 4.79 Å². The molecular formula is C30H32N4O3. The number of esters is 1. The van der Waals surface area contributed by atoms with Crippen LogP contribution in [-0.2, 0) is 21.6 Å². The zero-order valence-corrected chi connectivity index (χ0v) is 21.5. The summed E-state index contributed by atoms with van der Waals surface area (Å²) in [6.07, 6.45) is 2.62. The Morgan fingerprint density at radius 1 is 1.14 bits per heavy atom. The Balaban J connectivity index is 1.59. The molecular weight excluding hydrogens is 464 g/mol. The molecule has 4 aromatic rings. The molecule has 0 saturated carbocycles. The highest BCUT2D eigenvalue weighted by atomic mass is 16.6. The van der Waals surface area contributed by atoms with Gasteiger partial charge in [0, 0.05) is 71.8 Å². The van der Waals surface area contributed by atoms with Gasteiger partial charge < -0.3 is 19.4 Å². The molecule has 4 heterocycles. The number of aryl methyl sites for hydroxylation is 1. The molecule has 2 aromatic heterocycles. The van der Waals surface area contributed by atoms with Crippen molar-refractivity contribution in [3.05, 3.63) is 94.9 Å². The Morgan fingerprint density at radius 2 is 1.95 bits per heavy atom. The molecule has 7 nitrogen and oxygen atoms in total. The summed E-state index contributed by atoms with van der Waals surface area (Å²) in [5.41, 5.74) is 4.88. The molecule has 2 aromatic carbocycles. The number of ether oxygens (including phenoxy) is 2. The number of para-hydroxylation sites is 2. The minimum Gasteiger partial charge on any atom is -0.439 e. The molecule has 7 heteroatoms. The van der Waals surface area contributed by atoms with Gasteiger partial charge in [0.2, 0.25) is 5.60 Å². The van der Waals surface area contributed by atoms with E-state index in [4.69, 9.17) is 14.5 Å². The third-order valence-corrected chi connectivity index (χ3v) is 7.63. The third-order valence-electron chi connectivity index (χ3n) is 7.63. The van der Waals surface area contributed by atoms with Crippen molar-refractivity contribution in [3.63, 3.8) is 0 Å². The first-order valence-corrected chi connectivity index (χ1v) is 13.1. The van der Waals surface area contributed by atoms with E-state index in [1.165, 1.54) is 0 Å². The van der Waals surface area contributed by atoms with Crippen molar-refractivity contribution in [1.82, 2.24) is 14.9 Å². The predicted octanol–water partition coefficient (Wildman–Crippen LogP) is 4.96. The second-order valence-corrected chi connectivity index (χ2v) is 9.67. The quantitative estimate of drug-likeness (QED) is 0.352. The minimum absolute atomic E-state index is 0.0279. The molecule has 3 atom stereocenters. The Morgan fingerprint density at radius 3 is 2.78 bits per heavy atom. The molecule has 0 aliphatic carbocycles. The Bertz CT molecular complexity index is 1480. The standard InChI is InChI=1S/C30H32N4O3/c1-4-34-19(3)27(21-11-6-9-15-25(21)34)30(28-22(29(35)37-30)12-10-16-31-28)23-13-7-8-14-24(23)33-20-17-26(32-18-20)36-5-2/h6-16,20,26,32-33H,4-5,17-18H2,1-3H3. The van der Waals surface area contributed by atoms with Gasteiger partial charge in [0.1, 0.15) is 11.9 Å². The Labute approximate surface area is 216 Å². The van der Waals surface area contributed by atoms with Gasteiger partial charge in [-0.2, -0.15) is 0 Å². The maximum absolute atomic E-state index is 13.4. The number of carbonyl (C=O) groups is 1. The highest BCUT2D eigenvalue weighted by Crippen LogP contribution is 2.52. The lowest BCUT2D eigenvalue weighted by atomic mass is 9.80. The van der Waals surface area contributed by atoms with Gasteiger partial charge in [-0.05, 0) is 45.0 Å². The molecule has 190 valence electrons. The van der Waals surface area contributed by atoms with E-state index in [1.807, 2.05) is 31.2 Å². The van der Waals surface area contributed by atoms with Crippen molar-refractivity contribution in [2.75, 3.05) is 18.5 Å². The number of fused-ring (bicyclic) bond motifs is 2. The van der Waals surface area contributed by atoms with E-state index >= 15 is 0 Å². The molecule has 0 radical (unpaired) electrons. The fraction of sp³-hybridized carbons (Fsp3) is 0.333. The molecule has 0 spiro atoms. The summed E-state index contributed by atoms with van der Waals surface area (Å²) < 4.78 is 14.6. The molecule has 0 amide bonds. The van der Waals surface area contributed by atoms with Gasteiger partial charge in [-0.15, -0.1) is 0 Å². The van der Waals surface area contributed by atoms with Crippen LogP contribution in [0.3, 0.4) is 0 Å². The number of aromatic nitrogens is 2. The second kappa shape index (κ2) is 9.32. The maximum Gasteiger partial charge on any atom is 0.341 e. The first-order chi connectivity index (χ1) is 18.1. The third kappa shape index (κ3) is 3.64. The topological polar surface area (TPSA) is 77.4 Å². The second-order valence-electron chi connectivity index (χ2n) is 9.67. The largest absolute Gasteiger partial charge is 0.439 e. The average molecular weight is 497 g/mol. The Hall–Kier alpha value is -3.68. The van der Waals surface area contributed by atoms with Crippen molar-refractivity contribution in [2.45, 2.75) is 51.6 Å². The fourth-order valence-corrected chi connectivity index (χ4v) is 6.14. The summed E-state index contributed by atoms with van der Waals surface area (Å²) in [6.45, 7) is 8.52. The summed E-state index contributed by atoms with van der Waals surface area (Å²) in [6, 6.07) is 20.2. The number of carbonyl (C=O) groups excluding carboxylic acids is 1. The van der Waals surface area contributed by atoms with Crippen LogP contribution in [0.5, 0.6) is 0 Å². The van der Waals surface area contributed by atoms with Gasteiger partial charge in [0.05, 0.1) is 5.56 Å². The zero-order valence-electron chi connectivity index (χ0n) is 21.5. The number of nitrogens with one attached hydrogen (secondary N) is 2. The summed E-state index contributed by atoms with van der Waals surface area (Å²) in [7, 11) is 0. The van der Waals surface area contributed by atoms with Crippen molar-refractivity contribution in [1.29, 1.82) is 0 Å². The molecule has 3 unspecified atom stereocenters. The van der Waals surface area contributed by atoms with E-state index < -0.39 is 5.60 Å². The molecule has 1 saturated heterocycles. The molecule has 2 aliphatic heterocycles. The molecule has 2 aliphatic rings. The van der Waals surface area contributed by atoms with E-state index in [9.17, 15) is 4.79 Å². The van der Waals surface area contributed by atoms with Gasteiger partial charge in [-0.1, -0.05) is 36.4 Å². The van der Waals surface area contributed by atoms with Crippen LogP contribution in [0.4, 0.5) is 5.69 Å². The van der Waals surface area contributed by atoms with Crippen molar-refractivity contribution < 1.29 is 14.3 Å². The number of hydrogen-bond donors (Lipinski definition) is 2. The first kappa shape index (κ1) is 23.7. The molecule has 37 heavy (non-hydrogen) atoms. The van der Waals surface area contributed by atoms with E-state index in [-0.39, 0.29) is 18.2 Å². The smallest absolute Gasteiger partial charge is 0.341 e. The van der Waals surface area contributed by atoms with Crippen molar-refractivity contribution >= 4 is 22.6 Å². The monoisotopic (exact) mass is 496 g/mol. The summed E-state index contributed by atoms with van der Waals surface area (Å²) in [4.78, 5) is 18.2. The van der Waals surface area contributed by atoms with Gasteiger partial charge in [-0.3, -0.25) is 10.3 Å². The zero-order chi connectivity index (χ0) is 25.6. The summed E-state index contributed by atoms with van der Waals surface area (Å²) in [5, 5.41) is 8.23. The number of cyclic esters (lactones) is 1. The SMILES string of the molecule is CCOC1CC(Nc2ccccc2C2(c3c(C)n(CC)c4ccccc34)OC(=O)c3cccnc32)CN1. The Kier molecular flexibility index (Phi) is 5.97. The van der Waals surface area contributed by atoms with Crippen LogP contribution >= 0.6 is 0 Å². The molecule has 1 fully saturated rings. The summed E-state index contributed by atoms with van der Waals surface area (Å²) >= 11 is 0. The summed E-state index contributed by atoms with van der Waals surface area (Å²) in [5.74, 6) is -0.357. The van der Waals surface area contributed by atoms with Crippen LogP contribution in [0, 0.1) is 6.92 Å². The van der Waals surface area contributed by atoms with Crippen LogP contribution < -0.4 is 10.6 Å². The van der Waals surface area contributed by atoms with Gasteiger partial charge >= 0.3 is 5.97 Å². The van der Waals surface area contributed by atoms with Crippen molar-refractivity contribution in [3.8, 4) is 0 Å². The normalized spacial score (nSPS) is 22.8. The van der Waals surface area contributed by atoms with Gasteiger partial charge in [0.15, 0.2) is 0 Å². The highest BCUT2D eigenvalue weighted by molar-refractivity contribution is 5.98. The van der Waals surface area contributed by atoms with Crippen LogP contribution in [0.1, 0.15) is 53.1 Å². The fourth-order valence-electron chi connectivity index (χ4n) is 6.14. The number of hydrogen-bond acceptors (Lipinski definition) is 6. The van der Waals surface area contributed by atoms with Crippen LogP contribution in [0.2, 0.25) is 0 Å². The van der Waals surface area contributed by atoms with E-state index in [0.717, 1.165) is 52.9 Å². The number of nitrogens with zero attached hydrogens (tertiary/aromatic N) is 2. The average Bonchev–Trinajstić information content (AvgIpc) is 3.57. The number of benzene rings is 2. The number of pyridine rings is 1. The van der Waals surface area contributed by atoms with Crippen LogP contribution in [0.15, 0.2) is 66.9 Å². The first-order valence-electron chi connectivity index (χ1n) is 13.1. The molecule has 0 bridgehead atoms. The van der Waals surface area contributed by atoms with E-state index in [1.54, 1.807) is 12.3 Å². The number of rotatable bonds is 7. The van der Waals surface area contributed by atoms with Crippen LogP contribution in [0.25, 0.3) is 10.9 Å². The molecule has 6 rings (SSSR count). The van der Waals surface area contributed by atoms with E-state index in [0.29, 0.717) is 17.9 Å². The maximum atomic E-state index is 13.4. The van der Waals surface area contributed by atoms with Gasteiger partial charge in [0.25, 0.3) is 0 Å². The predicted molar refractivity (Wildman–Crippen MR) is 144 cm³/mol. The lowest BCUT2D eigenvalue weighted by molar-refractivity contribution is 0.0247. The molecule has 2 N–H and O–H groups in total. The van der Waals surface area contributed by atoms with Crippen LogP contribution in [-0.4, -0.2) is 40.9 Å². The van der Waals surface area contributed by atoms with Crippen molar-refractivity contribution in [2.24, 2.45) is 0 Å². The lowest BCUT2D eigenvalue weighted by Gasteiger charge is -2.32. The van der Waals surface area contributed by atoms with E-state index in [2.05, 4.69) is 59.4 Å². The number of anilines is 1.